The highest BCUT2D eigenvalue weighted by molar-refractivity contribution is 6.30. The zero-order valence-electron chi connectivity index (χ0n) is 11.8. The van der Waals surface area contributed by atoms with Crippen LogP contribution in [-0.4, -0.2) is 11.5 Å². The molecule has 1 saturated carbocycles. The number of nitro benzene ring substituents is 1. The Kier molecular flexibility index (Phi) is 5.00. The molecule has 0 atom stereocenters. The molecule has 1 fully saturated rings. The highest BCUT2D eigenvalue weighted by Crippen LogP contribution is 2.40. The van der Waals surface area contributed by atoms with E-state index in [0.29, 0.717) is 22.5 Å². The van der Waals surface area contributed by atoms with E-state index in [4.69, 9.17) is 11.6 Å². The van der Waals surface area contributed by atoms with E-state index in [1.54, 1.807) is 12.1 Å². The van der Waals surface area contributed by atoms with Crippen molar-refractivity contribution in [2.45, 2.75) is 45.6 Å². The molecule has 1 aliphatic rings. The Balaban J connectivity index is 2.00. The maximum absolute atomic E-state index is 11.0. The van der Waals surface area contributed by atoms with Crippen molar-refractivity contribution in [3.8, 4) is 0 Å². The third kappa shape index (κ3) is 3.49. The number of benzene rings is 1. The van der Waals surface area contributed by atoms with Crippen LogP contribution in [0.25, 0.3) is 0 Å². The van der Waals surface area contributed by atoms with Crippen LogP contribution >= 0.6 is 11.6 Å². The summed E-state index contributed by atoms with van der Waals surface area (Å²) < 4.78 is 0. The number of hydrogen-bond donors (Lipinski definition) is 1. The van der Waals surface area contributed by atoms with Gasteiger partial charge in [-0.25, -0.2) is 0 Å². The van der Waals surface area contributed by atoms with Gasteiger partial charge in [0.15, 0.2) is 0 Å². The topological polar surface area (TPSA) is 55.2 Å². The second-order valence-corrected chi connectivity index (χ2v) is 6.13. The van der Waals surface area contributed by atoms with Gasteiger partial charge in [0, 0.05) is 29.7 Å². The Bertz CT molecular complexity index is 485. The number of halogens is 1. The van der Waals surface area contributed by atoms with E-state index in [2.05, 4.69) is 12.2 Å². The standard InChI is InChI=1S/C15H21ClN2O2/c1-2-15(7-3-4-8-15)11-17-10-12-9-13(16)5-6-14(12)18(19)20/h5-6,9,17H,2-4,7-8,10-11H2,1H3. The van der Waals surface area contributed by atoms with Gasteiger partial charge in [0.05, 0.1) is 4.92 Å². The van der Waals surface area contributed by atoms with E-state index in [1.165, 1.54) is 31.7 Å². The molecule has 0 spiro atoms. The minimum absolute atomic E-state index is 0.138. The summed E-state index contributed by atoms with van der Waals surface area (Å²) in [6, 6.07) is 4.72. The molecule has 20 heavy (non-hydrogen) atoms. The smallest absolute Gasteiger partial charge is 0.273 e. The average molecular weight is 297 g/mol. The van der Waals surface area contributed by atoms with E-state index < -0.39 is 0 Å². The van der Waals surface area contributed by atoms with Gasteiger partial charge in [-0.3, -0.25) is 10.1 Å². The van der Waals surface area contributed by atoms with Crippen molar-refractivity contribution >= 4 is 17.3 Å². The Morgan fingerprint density at radius 3 is 2.70 bits per heavy atom. The fourth-order valence-electron chi connectivity index (χ4n) is 3.12. The average Bonchev–Trinajstić information content (AvgIpc) is 2.88. The summed E-state index contributed by atoms with van der Waals surface area (Å²) in [5.41, 5.74) is 1.18. The lowest BCUT2D eigenvalue weighted by Gasteiger charge is -2.27. The van der Waals surface area contributed by atoms with Gasteiger partial charge in [-0.05, 0) is 36.8 Å². The highest BCUT2D eigenvalue weighted by atomic mass is 35.5. The molecule has 0 heterocycles. The predicted molar refractivity (Wildman–Crippen MR) is 81.0 cm³/mol. The molecule has 0 aliphatic heterocycles. The predicted octanol–water partition coefficient (Wildman–Crippen LogP) is 4.31. The van der Waals surface area contributed by atoms with Crippen LogP contribution < -0.4 is 5.32 Å². The van der Waals surface area contributed by atoms with Crippen molar-refractivity contribution in [2.75, 3.05) is 6.54 Å². The SMILES string of the molecule is CCC1(CNCc2cc(Cl)ccc2[N+](=O)[O-])CCCC1. The molecule has 0 aromatic heterocycles. The summed E-state index contributed by atoms with van der Waals surface area (Å²) in [5.74, 6) is 0. The van der Waals surface area contributed by atoms with Crippen molar-refractivity contribution in [3.05, 3.63) is 38.9 Å². The molecule has 0 saturated heterocycles. The van der Waals surface area contributed by atoms with Crippen molar-refractivity contribution in [1.82, 2.24) is 5.32 Å². The maximum atomic E-state index is 11.0. The summed E-state index contributed by atoms with van der Waals surface area (Å²) in [6.07, 6.45) is 6.28. The molecule has 5 heteroatoms. The first-order valence-electron chi connectivity index (χ1n) is 7.20. The van der Waals surface area contributed by atoms with Gasteiger partial charge in [-0.2, -0.15) is 0 Å². The summed E-state index contributed by atoms with van der Waals surface area (Å²) >= 11 is 5.93. The van der Waals surface area contributed by atoms with Crippen LogP contribution in [0.3, 0.4) is 0 Å². The van der Waals surface area contributed by atoms with E-state index in [1.807, 2.05) is 0 Å². The van der Waals surface area contributed by atoms with E-state index in [9.17, 15) is 10.1 Å². The van der Waals surface area contributed by atoms with Crippen molar-refractivity contribution < 1.29 is 4.92 Å². The van der Waals surface area contributed by atoms with Crippen molar-refractivity contribution in [1.29, 1.82) is 0 Å². The fraction of sp³-hybridized carbons (Fsp3) is 0.600. The monoisotopic (exact) mass is 296 g/mol. The quantitative estimate of drug-likeness (QED) is 0.628. The first-order chi connectivity index (χ1) is 9.56. The molecule has 1 aromatic carbocycles. The van der Waals surface area contributed by atoms with Gasteiger partial charge < -0.3 is 5.32 Å². The van der Waals surface area contributed by atoms with E-state index >= 15 is 0 Å². The van der Waals surface area contributed by atoms with Crippen LogP contribution in [0.1, 0.15) is 44.6 Å². The zero-order chi connectivity index (χ0) is 14.6. The first-order valence-corrected chi connectivity index (χ1v) is 7.58. The van der Waals surface area contributed by atoms with E-state index in [0.717, 1.165) is 13.0 Å². The van der Waals surface area contributed by atoms with Crippen LogP contribution in [0.15, 0.2) is 18.2 Å². The maximum Gasteiger partial charge on any atom is 0.273 e. The molecular formula is C15H21ClN2O2. The van der Waals surface area contributed by atoms with Gasteiger partial charge in [0.2, 0.25) is 0 Å². The molecule has 0 radical (unpaired) electrons. The number of rotatable bonds is 6. The lowest BCUT2D eigenvalue weighted by Crippen LogP contribution is -2.31. The van der Waals surface area contributed by atoms with Crippen LogP contribution in [0.2, 0.25) is 5.02 Å². The highest BCUT2D eigenvalue weighted by Gasteiger charge is 2.31. The molecule has 4 nitrogen and oxygen atoms in total. The second kappa shape index (κ2) is 6.55. The molecule has 0 amide bonds. The third-order valence-electron chi connectivity index (χ3n) is 4.47. The lowest BCUT2D eigenvalue weighted by molar-refractivity contribution is -0.385. The summed E-state index contributed by atoms with van der Waals surface area (Å²) in [6.45, 7) is 3.65. The molecule has 2 rings (SSSR count). The zero-order valence-corrected chi connectivity index (χ0v) is 12.6. The molecule has 0 unspecified atom stereocenters. The van der Waals surface area contributed by atoms with Gasteiger partial charge >= 0.3 is 0 Å². The number of nitrogens with zero attached hydrogens (tertiary/aromatic N) is 1. The van der Waals surface area contributed by atoms with Crippen LogP contribution in [0.4, 0.5) is 5.69 Å². The molecule has 0 bridgehead atoms. The Labute approximate surface area is 124 Å². The fourth-order valence-corrected chi connectivity index (χ4v) is 3.31. The Hall–Kier alpha value is -1.13. The summed E-state index contributed by atoms with van der Waals surface area (Å²) in [4.78, 5) is 10.7. The van der Waals surface area contributed by atoms with Gasteiger partial charge in [-0.15, -0.1) is 0 Å². The minimum Gasteiger partial charge on any atom is -0.312 e. The van der Waals surface area contributed by atoms with Crippen molar-refractivity contribution in [2.24, 2.45) is 5.41 Å². The third-order valence-corrected chi connectivity index (χ3v) is 4.70. The van der Waals surface area contributed by atoms with Crippen LogP contribution in [-0.2, 0) is 6.54 Å². The second-order valence-electron chi connectivity index (χ2n) is 5.69. The van der Waals surface area contributed by atoms with Gasteiger partial charge in [0.1, 0.15) is 0 Å². The molecular weight excluding hydrogens is 276 g/mol. The van der Waals surface area contributed by atoms with Crippen LogP contribution in [0, 0.1) is 15.5 Å². The van der Waals surface area contributed by atoms with Gasteiger partial charge in [-0.1, -0.05) is 31.4 Å². The summed E-state index contributed by atoms with van der Waals surface area (Å²) in [7, 11) is 0. The number of hydrogen-bond acceptors (Lipinski definition) is 3. The minimum atomic E-state index is -0.349. The number of nitro groups is 1. The largest absolute Gasteiger partial charge is 0.312 e. The first kappa shape index (κ1) is 15.3. The molecule has 1 aromatic rings. The Morgan fingerprint density at radius 1 is 1.40 bits per heavy atom. The molecule has 110 valence electrons. The molecule has 1 aliphatic carbocycles. The van der Waals surface area contributed by atoms with Gasteiger partial charge in [0.25, 0.3) is 5.69 Å². The summed E-state index contributed by atoms with van der Waals surface area (Å²) in [5, 5.41) is 14.9. The molecule has 1 N–H and O–H groups in total. The Morgan fingerprint density at radius 2 is 2.10 bits per heavy atom. The van der Waals surface area contributed by atoms with Crippen molar-refractivity contribution in [3.63, 3.8) is 0 Å². The normalized spacial score (nSPS) is 17.3. The van der Waals surface area contributed by atoms with Crippen LogP contribution in [0.5, 0.6) is 0 Å². The number of nitrogens with one attached hydrogen (secondary N) is 1. The van der Waals surface area contributed by atoms with E-state index in [-0.39, 0.29) is 10.6 Å². The lowest BCUT2D eigenvalue weighted by atomic mass is 9.83.